The molecule has 0 aromatic rings. The molecule has 0 fully saturated rings. The maximum Gasteiger partial charge on any atom is 0.306 e. The van der Waals surface area contributed by atoms with Crippen molar-refractivity contribution in [2.75, 3.05) is 13.2 Å². The molecule has 0 radical (unpaired) electrons. The average molecular weight is 807 g/mol. The van der Waals surface area contributed by atoms with Crippen LogP contribution in [0.5, 0.6) is 0 Å². The summed E-state index contributed by atoms with van der Waals surface area (Å²) in [7, 11) is 0. The minimum atomic E-state index is -0.758. The molecule has 0 aromatic heterocycles. The van der Waals surface area contributed by atoms with Crippen molar-refractivity contribution in [2.24, 2.45) is 0 Å². The van der Waals surface area contributed by atoms with Gasteiger partial charge in [-0.15, -0.1) is 0 Å². The van der Waals surface area contributed by atoms with E-state index in [9.17, 15) is 14.4 Å². The van der Waals surface area contributed by atoms with Crippen LogP contribution in [0.2, 0.25) is 0 Å². The third-order valence-electron chi connectivity index (χ3n) is 11.6. The van der Waals surface area contributed by atoms with Gasteiger partial charge >= 0.3 is 17.9 Å². The van der Waals surface area contributed by atoms with E-state index >= 15 is 0 Å². The third-order valence-corrected chi connectivity index (χ3v) is 11.6. The Kier molecular flexibility index (Phi) is 45.8. The van der Waals surface area contributed by atoms with Crippen molar-refractivity contribution in [3.05, 3.63) is 0 Å². The second kappa shape index (κ2) is 47.1. The Hall–Kier alpha value is -1.59. The van der Waals surface area contributed by atoms with E-state index in [4.69, 9.17) is 14.2 Å². The second-order valence-corrected chi connectivity index (χ2v) is 17.5. The van der Waals surface area contributed by atoms with Gasteiger partial charge in [-0.25, -0.2) is 0 Å². The zero-order valence-electron chi connectivity index (χ0n) is 38.6. The van der Waals surface area contributed by atoms with Crippen molar-refractivity contribution in [2.45, 2.75) is 297 Å². The maximum absolute atomic E-state index is 12.8. The molecule has 0 aliphatic carbocycles. The van der Waals surface area contributed by atoms with E-state index in [0.29, 0.717) is 19.3 Å². The molecule has 0 saturated heterocycles. The first kappa shape index (κ1) is 55.4. The molecule has 0 aliphatic heterocycles. The molecule has 0 heterocycles. The average Bonchev–Trinajstić information content (AvgIpc) is 3.21. The summed E-state index contributed by atoms with van der Waals surface area (Å²) in [5.41, 5.74) is 0. The van der Waals surface area contributed by atoms with Crippen LogP contribution in [-0.2, 0) is 28.6 Å². The van der Waals surface area contributed by atoms with E-state index in [2.05, 4.69) is 20.8 Å². The first-order valence-corrected chi connectivity index (χ1v) is 25.5. The zero-order chi connectivity index (χ0) is 41.5. The van der Waals surface area contributed by atoms with Crippen LogP contribution in [0.15, 0.2) is 0 Å². The minimum Gasteiger partial charge on any atom is -0.462 e. The topological polar surface area (TPSA) is 78.9 Å². The molecule has 6 heteroatoms. The SMILES string of the molecule is CCCCCCCCCCCCCCCCCC(=O)OC[C@H](COC(=O)CCCCCCCCCCC)OC(=O)CCCCCCCCCCCCCCCCC. The Morgan fingerprint density at radius 2 is 0.474 bits per heavy atom. The summed E-state index contributed by atoms with van der Waals surface area (Å²) in [5, 5.41) is 0. The van der Waals surface area contributed by atoms with Gasteiger partial charge in [-0.2, -0.15) is 0 Å². The summed E-state index contributed by atoms with van der Waals surface area (Å²) >= 11 is 0. The largest absolute Gasteiger partial charge is 0.462 e. The molecule has 0 aliphatic rings. The van der Waals surface area contributed by atoms with E-state index in [-0.39, 0.29) is 31.1 Å². The molecule has 0 N–H and O–H groups in total. The van der Waals surface area contributed by atoms with Gasteiger partial charge in [0, 0.05) is 19.3 Å². The lowest BCUT2D eigenvalue weighted by Gasteiger charge is -2.18. The molecule has 0 unspecified atom stereocenters. The van der Waals surface area contributed by atoms with E-state index in [0.717, 1.165) is 57.8 Å². The molecular formula is C51H98O6. The number of unbranched alkanes of at least 4 members (excludes halogenated alkanes) is 36. The third kappa shape index (κ3) is 45.3. The summed E-state index contributed by atoms with van der Waals surface area (Å²) in [6.45, 7) is 6.66. The van der Waals surface area contributed by atoms with Crippen LogP contribution < -0.4 is 0 Å². The quantitative estimate of drug-likeness (QED) is 0.0346. The summed E-state index contributed by atoms with van der Waals surface area (Å²) in [5.74, 6) is -0.845. The highest BCUT2D eigenvalue weighted by atomic mass is 16.6. The van der Waals surface area contributed by atoms with Crippen LogP contribution >= 0.6 is 0 Å². The van der Waals surface area contributed by atoms with E-state index in [1.807, 2.05) is 0 Å². The van der Waals surface area contributed by atoms with Crippen LogP contribution in [0.4, 0.5) is 0 Å². The Morgan fingerprint density at radius 3 is 0.702 bits per heavy atom. The number of ether oxygens (including phenoxy) is 3. The minimum absolute atomic E-state index is 0.0620. The van der Waals surface area contributed by atoms with Crippen molar-refractivity contribution < 1.29 is 28.6 Å². The van der Waals surface area contributed by atoms with Crippen LogP contribution in [0.1, 0.15) is 290 Å². The number of hydrogen-bond acceptors (Lipinski definition) is 6. The first-order chi connectivity index (χ1) is 28.0. The molecule has 0 rings (SSSR count). The highest BCUT2D eigenvalue weighted by molar-refractivity contribution is 5.71. The van der Waals surface area contributed by atoms with E-state index in [1.165, 1.54) is 193 Å². The van der Waals surface area contributed by atoms with E-state index in [1.54, 1.807) is 0 Å². The summed E-state index contributed by atoms with van der Waals surface area (Å²) in [6, 6.07) is 0. The van der Waals surface area contributed by atoms with Gasteiger partial charge in [0.25, 0.3) is 0 Å². The molecule has 0 spiro atoms. The highest BCUT2D eigenvalue weighted by Crippen LogP contribution is 2.17. The Bertz CT molecular complexity index is 844. The fourth-order valence-corrected chi connectivity index (χ4v) is 7.74. The predicted octanol–water partition coefficient (Wildman–Crippen LogP) is 16.4. The highest BCUT2D eigenvalue weighted by Gasteiger charge is 2.19. The van der Waals surface area contributed by atoms with Crippen molar-refractivity contribution in [1.29, 1.82) is 0 Å². The monoisotopic (exact) mass is 807 g/mol. The second-order valence-electron chi connectivity index (χ2n) is 17.5. The van der Waals surface area contributed by atoms with Gasteiger partial charge in [0.05, 0.1) is 0 Å². The number of carbonyl (C=O) groups is 3. The molecule has 6 nitrogen and oxygen atoms in total. The molecule has 1 atom stereocenters. The molecule has 0 saturated carbocycles. The van der Waals surface area contributed by atoms with Gasteiger partial charge in [-0.1, -0.05) is 252 Å². The molecular weight excluding hydrogens is 709 g/mol. The summed E-state index contributed by atoms with van der Waals surface area (Å²) in [4.78, 5) is 37.8. The zero-order valence-corrected chi connectivity index (χ0v) is 38.6. The molecule has 57 heavy (non-hydrogen) atoms. The van der Waals surface area contributed by atoms with Crippen molar-refractivity contribution in [3.63, 3.8) is 0 Å². The van der Waals surface area contributed by atoms with Crippen LogP contribution in [-0.4, -0.2) is 37.2 Å². The fourth-order valence-electron chi connectivity index (χ4n) is 7.74. The number of carbonyl (C=O) groups excluding carboxylic acids is 3. The molecule has 0 amide bonds. The van der Waals surface area contributed by atoms with Gasteiger partial charge in [-0.05, 0) is 19.3 Å². The normalized spacial score (nSPS) is 11.8. The van der Waals surface area contributed by atoms with E-state index < -0.39 is 6.10 Å². The molecule has 338 valence electrons. The summed E-state index contributed by atoms with van der Waals surface area (Å²) < 4.78 is 16.8. The van der Waals surface area contributed by atoms with Crippen molar-refractivity contribution >= 4 is 17.9 Å². The van der Waals surface area contributed by atoms with Gasteiger partial charge in [-0.3, -0.25) is 14.4 Å². The van der Waals surface area contributed by atoms with Crippen molar-refractivity contribution in [1.82, 2.24) is 0 Å². The number of rotatable bonds is 47. The predicted molar refractivity (Wildman–Crippen MR) is 243 cm³/mol. The Balaban J connectivity index is 4.26. The fraction of sp³-hybridized carbons (Fsp3) is 0.941. The lowest BCUT2D eigenvalue weighted by molar-refractivity contribution is -0.167. The van der Waals surface area contributed by atoms with Crippen LogP contribution in [0, 0.1) is 0 Å². The van der Waals surface area contributed by atoms with Gasteiger partial charge < -0.3 is 14.2 Å². The number of esters is 3. The lowest BCUT2D eigenvalue weighted by atomic mass is 10.0. The van der Waals surface area contributed by atoms with Gasteiger partial charge in [0.2, 0.25) is 0 Å². The van der Waals surface area contributed by atoms with Crippen LogP contribution in [0.3, 0.4) is 0 Å². The van der Waals surface area contributed by atoms with Crippen molar-refractivity contribution in [3.8, 4) is 0 Å². The smallest absolute Gasteiger partial charge is 0.306 e. The first-order valence-electron chi connectivity index (χ1n) is 25.5. The summed E-state index contributed by atoms with van der Waals surface area (Å²) in [6.07, 6.45) is 49.4. The lowest BCUT2D eigenvalue weighted by Crippen LogP contribution is -2.30. The Labute approximate surface area is 355 Å². The number of hydrogen-bond donors (Lipinski definition) is 0. The van der Waals surface area contributed by atoms with Gasteiger partial charge in [0.1, 0.15) is 13.2 Å². The standard InChI is InChI=1S/C51H98O6/c1-4-7-10-13-16-19-21-23-25-27-29-32-35-38-41-44-50(53)56-47-48(46-55-49(52)43-40-37-34-31-18-15-12-9-6-3)57-51(54)45-42-39-36-33-30-28-26-24-22-20-17-14-11-8-5-2/h48H,4-47H2,1-3H3/t48-/m0/s1. The molecule has 0 bridgehead atoms. The van der Waals surface area contributed by atoms with Crippen LogP contribution in [0.25, 0.3) is 0 Å². The molecule has 0 aromatic carbocycles. The van der Waals surface area contributed by atoms with Gasteiger partial charge in [0.15, 0.2) is 6.10 Å². The maximum atomic E-state index is 12.8. The Morgan fingerprint density at radius 1 is 0.281 bits per heavy atom.